The summed E-state index contributed by atoms with van der Waals surface area (Å²) in [7, 11) is -3.09. The normalized spacial score (nSPS) is 14.8. The summed E-state index contributed by atoms with van der Waals surface area (Å²) in [5.41, 5.74) is 0.965. The van der Waals surface area contributed by atoms with Crippen LogP contribution in [0, 0.1) is 0 Å². The quantitative estimate of drug-likeness (QED) is 0.780. The van der Waals surface area contributed by atoms with Crippen molar-refractivity contribution in [2.75, 3.05) is 13.2 Å². The molecule has 1 unspecified atom stereocenters. The molecular weight excluding hydrogens is 223 g/mol. The van der Waals surface area contributed by atoms with Gasteiger partial charge in [-0.1, -0.05) is 0 Å². The monoisotopic (exact) mass is 244 g/mol. The van der Waals surface area contributed by atoms with E-state index in [1.807, 2.05) is 51.1 Å². The molecule has 1 aromatic carbocycles. The van der Waals surface area contributed by atoms with Gasteiger partial charge in [0.05, 0.1) is 0 Å². The zero-order valence-electron chi connectivity index (χ0n) is 10.1. The molecule has 0 radical (unpaired) electrons. The van der Waals surface area contributed by atoms with Gasteiger partial charge in [0.1, 0.15) is 0 Å². The predicted molar refractivity (Wildman–Crippen MR) is 68.6 cm³/mol. The minimum atomic E-state index is -3.09. The average Bonchev–Trinajstić information content (AvgIpc) is 2.30. The van der Waals surface area contributed by atoms with Crippen LogP contribution in [-0.4, -0.2) is 18.1 Å². The molecule has 3 nitrogen and oxygen atoms in total. The summed E-state index contributed by atoms with van der Waals surface area (Å²) in [5, 5.41) is 0. The molecule has 0 aliphatic rings. The Morgan fingerprint density at radius 3 is 2.06 bits per heavy atom. The van der Waals surface area contributed by atoms with Gasteiger partial charge in [0.15, 0.2) is 0 Å². The second-order valence-electron chi connectivity index (χ2n) is 3.63. The summed E-state index contributed by atoms with van der Waals surface area (Å²) in [6, 6.07) is 9.84. The fourth-order valence-corrected chi connectivity index (χ4v) is 3.68. The molecule has 92 valence electrons. The topological polar surface area (TPSA) is 38.7 Å². The van der Waals surface area contributed by atoms with Crippen LogP contribution >= 0.6 is 7.94 Å². The molecule has 0 heterocycles. The van der Waals surface area contributed by atoms with E-state index in [1.165, 1.54) is 0 Å². The van der Waals surface area contributed by atoms with Crippen molar-refractivity contribution in [3.8, 4) is 0 Å². The van der Waals surface area contributed by atoms with Crippen LogP contribution in [0.2, 0.25) is 0 Å². The van der Waals surface area contributed by atoms with Gasteiger partial charge in [0.25, 0.3) is 0 Å². The molecule has 0 bridgehead atoms. The molecule has 0 spiro atoms. The van der Waals surface area contributed by atoms with Crippen molar-refractivity contribution >= 4 is 7.94 Å². The van der Waals surface area contributed by atoms with Crippen molar-refractivity contribution in [3.63, 3.8) is 0 Å². The molecule has 1 aromatic rings. The molecular formula is C12H21O3P. The summed E-state index contributed by atoms with van der Waals surface area (Å²) in [5.74, 6) is 0. The van der Waals surface area contributed by atoms with Crippen LogP contribution in [0.1, 0.15) is 32.0 Å². The Morgan fingerprint density at radius 1 is 1.12 bits per heavy atom. The van der Waals surface area contributed by atoms with Gasteiger partial charge in [-0.15, -0.1) is 0 Å². The van der Waals surface area contributed by atoms with E-state index < -0.39 is 7.94 Å². The Bertz CT molecular complexity index is 296. The fraction of sp³-hybridized carbons (Fsp3) is 0.500. The van der Waals surface area contributed by atoms with Gasteiger partial charge in [0.2, 0.25) is 0 Å². The number of hydrogen-bond donors (Lipinski definition) is 1. The Morgan fingerprint density at radius 2 is 1.62 bits per heavy atom. The molecule has 0 aliphatic carbocycles. The van der Waals surface area contributed by atoms with E-state index in [4.69, 9.17) is 9.05 Å². The third kappa shape index (κ3) is 3.26. The molecule has 1 N–H and O–H groups in total. The molecule has 0 fully saturated rings. The molecule has 16 heavy (non-hydrogen) atoms. The van der Waals surface area contributed by atoms with E-state index in [2.05, 4.69) is 0 Å². The standard InChI is InChI=1S/C12H21O3P/c1-4-14-16(13,15-5-2)11(3)12-9-7-6-8-10-12/h6-11,13,16H,4-5H2,1-3H3. The fourth-order valence-electron chi connectivity index (χ4n) is 1.66. The van der Waals surface area contributed by atoms with Crippen LogP contribution in [0.25, 0.3) is 0 Å². The average molecular weight is 244 g/mol. The zero-order valence-corrected chi connectivity index (χ0v) is 11.1. The van der Waals surface area contributed by atoms with Gasteiger partial charge in [-0.3, -0.25) is 0 Å². The van der Waals surface area contributed by atoms with E-state index in [0.29, 0.717) is 13.2 Å². The second-order valence-corrected chi connectivity index (χ2v) is 6.33. The van der Waals surface area contributed by atoms with E-state index in [9.17, 15) is 4.89 Å². The molecule has 0 saturated carbocycles. The maximum absolute atomic E-state index is 10.4. The van der Waals surface area contributed by atoms with Crippen molar-refractivity contribution in [1.82, 2.24) is 0 Å². The Hall–Kier alpha value is -0.470. The van der Waals surface area contributed by atoms with Gasteiger partial charge in [-0.2, -0.15) is 0 Å². The molecule has 0 amide bonds. The minimum absolute atomic E-state index is 0.0893. The Labute approximate surface area is 98.0 Å². The molecule has 4 heteroatoms. The first-order valence-corrected chi connectivity index (χ1v) is 7.53. The second kappa shape index (κ2) is 6.31. The summed E-state index contributed by atoms with van der Waals surface area (Å²) < 4.78 is 10.9. The number of hydrogen-bond acceptors (Lipinski definition) is 3. The van der Waals surface area contributed by atoms with Crippen LogP contribution in [0.5, 0.6) is 0 Å². The van der Waals surface area contributed by atoms with Gasteiger partial charge in [0, 0.05) is 0 Å². The predicted octanol–water partition coefficient (Wildman–Crippen LogP) is 3.31. The summed E-state index contributed by atoms with van der Waals surface area (Å²) in [6.07, 6.45) is 0. The van der Waals surface area contributed by atoms with E-state index in [-0.39, 0.29) is 5.66 Å². The number of benzene rings is 1. The maximum atomic E-state index is 10.4. The first kappa shape index (κ1) is 13.6. The Balaban J connectivity index is 2.86. The zero-order chi connectivity index (χ0) is 12.0. The summed E-state index contributed by atoms with van der Waals surface area (Å²) in [4.78, 5) is 10.4. The van der Waals surface area contributed by atoms with Crippen LogP contribution < -0.4 is 0 Å². The third-order valence-corrected chi connectivity index (χ3v) is 5.38. The van der Waals surface area contributed by atoms with Crippen molar-refractivity contribution in [3.05, 3.63) is 35.9 Å². The van der Waals surface area contributed by atoms with Crippen molar-refractivity contribution in [2.45, 2.75) is 26.4 Å². The first-order chi connectivity index (χ1) is 7.64. The van der Waals surface area contributed by atoms with Crippen LogP contribution in [0.4, 0.5) is 0 Å². The number of rotatable bonds is 6. The Kier molecular flexibility index (Phi) is 5.36. The SMILES string of the molecule is CCO[PH](O)(OCC)C(C)c1ccccc1. The van der Waals surface area contributed by atoms with Gasteiger partial charge in [-0.25, -0.2) is 0 Å². The molecule has 0 aliphatic heterocycles. The molecule has 0 saturated heterocycles. The van der Waals surface area contributed by atoms with E-state index in [1.54, 1.807) is 0 Å². The summed E-state index contributed by atoms with van der Waals surface area (Å²) in [6.45, 7) is 6.63. The molecule has 1 atom stereocenters. The van der Waals surface area contributed by atoms with Crippen molar-refractivity contribution in [2.24, 2.45) is 0 Å². The van der Waals surface area contributed by atoms with Crippen LogP contribution in [0.15, 0.2) is 30.3 Å². The molecule has 0 aromatic heterocycles. The van der Waals surface area contributed by atoms with E-state index >= 15 is 0 Å². The van der Waals surface area contributed by atoms with E-state index in [0.717, 1.165) is 5.56 Å². The van der Waals surface area contributed by atoms with Gasteiger partial charge in [-0.05, 0) is 0 Å². The van der Waals surface area contributed by atoms with Gasteiger partial charge < -0.3 is 0 Å². The van der Waals surface area contributed by atoms with Crippen LogP contribution in [0.3, 0.4) is 0 Å². The van der Waals surface area contributed by atoms with Crippen LogP contribution in [-0.2, 0) is 9.05 Å². The summed E-state index contributed by atoms with van der Waals surface area (Å²) >= 11 is 0. The van der Waals surface area contributed by atoms with Crippen molar-refractivity contribution < 1.29 is 13.9 Å². The third-order valence-electron chi connectivity index (χ3n) is 2.55. The van der Waals surface area contributed by atoms with Gasteiger partial charge >= 0.3 is 97.4 Å². The molecule has 1 rings (SSSR count). The van der Waals surface area contributed by atoms with Crippen molar-refractivity contribution in [1.29, 1.82) is 0 Å². The first-order valence-electron chi connectivity index (χ1n) is 5.69.